The van der Waals surface area contributed by atoms with Gasteiger partial charge in [-0.05, 0) is 31.5 Å². The lowest BCUT2D eigenvalue weighted by Crippen LogP contribution is -2.23. The van der Waals surface area contributed by atoms with Gasteiger partial charge in [0, 0.05) is 11.4 Å². The van der Waals surface area contributed by atoms with Crippen molar-refractivity contribution in [2.24, 2.45) is 0 Å². The zero-order chi connectivity index (χ0) is 14.8. The molecule has 0 saturated heterocycles. The predicted molar refractivity (Wildman–Crippen MR) is 78.0 cm³/mol. The van der Waals surface area contributed by atoms with Crippen molar-refractivity contribution in [1.82, 2.24) is 9.71 Å². The summed E-state index contributed by atoms with van der Waals surface area (Å²) in [6, 6.07) is 6.20. The van der Waals surface area contributed by atoms with Gasteiger partial charge in [0.05, 0.1) is 22.2 Å². The molecule has 0 bridgehead atoms. The number of hydrogen-bond donors (Lipinski definition) is 2. The molecule has 2 rings (SSSR count). The van der Waals surface area contributed by atoms with Crippen molar-refractivity contribution in [1.29, 1.82) is 0 Å². The maximum atomic E-state index is 12.1. The molecule has 0 radical (unpaired) electrons. The fraction of sp³-hybridized carbons (Fsp3) is 0.308. The summed E-state index contributed by atoms with van der Waals surface area (Å²) in [5, 5.41) is 9.41. The molecule has 1 heterocycles. The summed E-state index contributed by atoms with van der Waals surface area (Å²) in [5.74, 6) is 0. The molecular weight excluding hydrogens is 296 g/mol. The zero-order valence-corrected chi connectivity index (χ0v) is 12.8. The van der Waals surface area contributed by atoms with Gasteiger partial charge in [-0.2, -0.15) is 0 Å². The van der Waals surface area contributed by atoms with Crippen molar-refractivity contribution < 1.29 is 13.5 Å². The van der Waals surface area contributed by atoms with Crippen LogP contribution in [-0.4, -0.2) is 18.5 Å². The van der Waals surface area contributed by atoms with Crippen molar-refractivity contribution in [2.75, 3.05) is 0 Å². The van der Waals surface area contributed by atoms with Gasteiger partial charge in [0.2, 0.25) is 10.0 Å². The van der Waals surface area contributed by atoms with Crippen LogP contribution in [0.4, 0.5) is 0 Å². The number of aryl methyl sites for hydroxylation is 1. The van der Waals surface area contributed by atoms with E-state index in [4.69, 9.17) is 0 Å². The van der Waals surface area contributed by atoms with Crippen LogP contribution in [0.1, 0.15) is 29.2 Å². The molecule has 0 aliphatic heterocycles. The summed E-state index contributed by atoms with van der Waals surface area (Å²) >= 11 is 1.42. The van der Waals surface area contributed by atoms with Crippen LogP contribution in [0.3, 0.4) is 0 Å². The van der Waals surface area contributed by atoms with Crippen LogP contribution in [0.25, 0.3) is 0 Å². The second-order valence-electron chi connectivity index (χ2n) is 4.43. The van der Waals surface area contributed by atoms with E-state index in [2.05, 4.69) is 9.71 Å². The van der Waals surface area contributed by atoms with Crippen molar-refractivity contribution in [3.63, 3.8) is 0 Å². The van der Waals surface area contributed by atoms with E-state index in [-0.39, 0.29) is 11.4 Å². The summed E-state index contributed by atoms with van der Waals surface area (Å²) in [6.45, 7) is 3.71. The van der Waals surface area contributed by atoms with Gasteiger partial charge in [0.25, 0.3) is 0 Å². The highest BCUT2D eigenvalue weighted by Crippen LogP contribution is 2.17. The van der Waals surface area contributed by atoms with Gasteiger partial charge in [0.15, 0.2) is 0 Å². The third-order valence-electron chi connectivity index (χ3n) is 2.94. The maximum absolute atomic E-state index is 12.1. The van der Waals surface area contributed by atoms with Gasteiger partial charge in [0.1, 0.15) is 0 Å². The molecule has 5 nitrogen and oxygen atoms in total. The number of thiazole rings is 1. The molecule has 0 spiro atoms. The van der Waals surface area contributed by atoms with E-state index < -0.39 is 16.1 Å². The van der Waals surface area contributed by atoms with E-state index in [1.54, 1.807) is 24.6 Å². The molecule has 20 heavy (non-hydrogen) atoms. The Bertz CT molecular complexity index is 676. The average molecular weight is 312 g/mol. The smallest absolute Gasteiger partial charge is 0.240 e. The number of aromatic nitrogens is 1. The first-order chi connectivity index (χ1) is 9.40. The first-order valence-corrected chi connectivity index (χ1v) is 8.43. The third-order valence-corrected chi connectivity index (χ3v) is 5.29. The maximum Gasteiger partial charge on any atom is 0.240 e. The Morgan fingerprint density at radius 3 is 2.50 bits per heavy atom. The van der Waals surface area contributed by atoms with Crippen LogP contribution >= 0.6 is 11.3 Å². The number of aliphatic hydroxyl groups is 1. The molecule has 2 N–H and O–H groups in total. The summed E-state index contributed by atoms with van der Waals surface area (Å²) in [6.07, 6.45) is -0.612. The number of rotatable bonds is 5. The monoisotopic (exact) mass is 312 g/mol. The minimum atomic E-state index is -3.55. The molecule has 2 aromatic rings. The quantitative estimate of drug-likeness (QED) is 0.885. The fourth-order valence-corrected chi connectivity index (χ4v) is 3.47. The summed E-state index contributed by atoms with van der Waals surface area (Å²) in [4.78, 5) is 5.16. The van der Waals surface area contributed by atoms with E-state index in [1.165, 1.54) is 23.5 Å². The van der Waals surface area contributed by atoms with Gasteiger partial charge in [-0.3, -0.25) is 0 Å². The molecule has 108 valence electrons. The molecule has 0 aliphatic carbocycles. The number of hydrogen-bond acceptors (Lipinski definition) is 5. The van der Waals surface area contributed by atoms with Crippen LogP contribution < -0.4 is 4.72 Å². The number of sulfonamides is 1. The van der Waals surface area contributed by atoms with Gasteiger partial charge in [-0.15, -0.1) is 11.3 Å². The molecule has 1 aromatic heterocycles. The van der Waals surface area contributed by atoms with Gasteiger partial charge in [-0.25, -0.2) is 18.1 Å². The van der Waals surface area contributed by atoms with Crippen molar-refractivity contribution in [3.05, 3.63) is 45.9 Å². The molecule has 7 heteroatoms. The first kappa shape index (κ1) is 15.1. The van der Waals surface area contributed by atoms with Crippen LogP contribution in [0.2, 0.25) is 0 Å². The van der Waals surface area contributed by atoms with Crippen LogP contribution in [-0.2, 0) is 16.6 Å². The number of aliphatic hydroxyl groups excluding tert-OH is 1. The van der Waals surface area contributed by atoms with Gasteiger partial charge in [-0.1, -0.05) is 12.1 Å². The Hall–Kier alpha value is -1.28. The summed E-state index contributed by atoms with van der Waals surface area (Å²) in [7, 11) is -3.55. The lowest BCUT2D eigenvalue weighted by Gasteiger charge is -2.08. The van der Waals surface area contributed by atoms with Crippen LogP contribution in [0.15, 0.2) is 34.7 Å². The predicted octanol–water partition coefficient (Wildman–Crippen LogP) is 1.98. The van der Waals surface area contributed by atoms with Crippen molar-refractivity contribution >= 4 is 21.4 Å². The second-order valence-corrected chi connectivity index (χ2v) is 7.14. The SMILES string of the molecule is Cc1ncsc1CNS(=O)(=O)c1ccc(C(C)O)cc1. The highest BCUT2D eigenvalue weighted by atomic mass is 32.2. The Morgan fingerprint density at radius 1 is 1.35 bits per heavy atom. The minimum Gasteiger partial charge on any atom is -0.389 e. The Morgan fingerprint density at radius 2 is 2.00 bits per heavy atom. The Kier molecular flexibility index (Phi) is 4.54. The molecule has 0 fully saturated rings. The average Bonchev–Trinajstić information content (AvgIpc) is 2.82. The zero-order valence-electron chi connectivity index (χ0n) is 11.2. The standard InChI is InChI=1S/C13H16N2O3S2/c1-9-13(19-8-14-9)7-15-20(17,18)12-5-3-11(4-6-12)10(2)16/h3-6,8,10,15-16H,7H2,1-2H3. The number of nitrogens with one attached hydrogen (secondary N) is 1. The highest BCUT2D eigenvalue weighted by molar-refractivity contribution is 7.89. The highest BCUT2D eigenvalue weighted by Gasteiger charge is 2.15. The van der Waals surface area contributed by atoms with Gasteiger partial charge < -0.3 is 5.11 Å². The van der Waals surface area contributed by atoms with Crippen LogP contribution in [0.5, 0.6) is 0 Å². The largest absolute Gasteiger partial charge is 0.389 e. The molecule has 1 unspecified atom stereocenters. The van der Waals surface area contributed by atoms with E-state index in [1.807, 2.05) is 6.92 Å². The number of benzene rings is 1. The molecule has 1 atom stereocenters. The van der Waals surface area contributed by atoms with Crippen molar-refractivity contribution in [3.8, 4) is 0 Å². The molecule has 1 aromatic carbocycles. The summed E-state index contributed by atoms with van der Waals surface area (Å²) < 4.78 is 26.8. The van der Waals surface area contributed by atoms with E-state index >= 15 is 0 Å². The lowest BCUT2D eigenvalue weighted by molar-refractivity contribution is 0.199. The van der Waals surface area contributed by atoms with Gasteiger partial charge >= 0.3 is 0 Å². The summed E-state index contributed by atoms with van der Waals surface area (Å²) in [5.41, 5.74) is 3.21. The number of nitrogens with zero attached hydrogens (tertiary/aromatic N) is 1. The minimum absolute atomic E-state index is 0.184. The van der Waals surface area contributed by atoms with E-state index in [0.29, 0.717) is 5.56 Å². The molecule has 0 amide bonds. The van der Waals surface area contributed by atoms with E-state index in [9.17, 15) is 13.5 Å². The topological polar surface area (TPSA) is 79.3 Å². The Balaban J connectivity index is 2.12. The molecular formula is C13H16N2O3S2. The lowest BCUT2D eigenvalue weighted by atomic mass is 10.1. The normalized spacial score (nSPS) is 13.3. The van der Waals surface area contributed by atoms with Crippen LogP contribution in [0, 0.1) is 6.92 Å². The first-order valence-electron chi connectivity index (χ1n) is 6.07. The Labute approximate surface area is 122 Å². The third kappa shape index (κ3) is 3.43. The second kappa shape index (κ2) is 6.01. The van der Waals surface area contributed by atoms with Crippen molar-refractivity contribution in [2.45, 2.75) is 31.4 Å². The molecule has 0 aliphatic rings. The fourth-order valence-electron chi connectivity index (χ4n) is 1.67. The van der Waals surface area contributed by atoms with E-state index in [0.717, 1.165) is 10.6 Å². The molecule has 0 saturated carbocycles.